The summed E-state index contributed by atoms with van der Waals surface area (Å²) >= 11 is 0. The van der Waals surface area contributed by atoms with E-state index in [1.807, 2.05) is 107 Å². The van der Waals surface area contributed by atoms with Gasteiger partial charge in [0.1, 0.15) is 0 Å². The first kappa shape index (κ1) is 16.8. The van der Waals surface area contributed by atoms with Crippen LogP contribution in [0.15, 0.2) is 103 Å². The summed E-state index contributed by atoms with van der Waals surface area (Å²) in [5.41, 5.74) is 11.2. The Kier molecular flexibility index (Phi) is 3.92. The van der Waals surface area contributed by atoms with E-state index in [1.54, 1.807) is 0 Å². The monoisotopic (exact) mass is 361 g/mol. The second-order valence-corrected chi connectivity index (χ2v) is 6.55. The number of hydrogen-bond donors (Lipinski definition) is 2. The molecule has 0 saturated carbocycles. The highest BCUT2D eigenvalue weighted by atomic mass is 15.5. The topological polar surface area (TPSA) is 84.1 Å². The highest BCUT2D eigenvalue weighted by molar-refractivity contribution is 5.76. The summed E-state index contributed by atoms with van der Waals surface area (Å²) in [7, 11) is 0. The third kappa shape index (κ3) is 2.39. The molecule has 0 bridgehead atoms. The fraction of sp³-hybridized carbons (Fsp3) is 0.150. The van der Waals surface area contributed by atoms with Crippen molar-refractivity contribution in [2.24, 2.45) is 16.5 Å². The molecule has 0 unspecified atom stereocenters. The zero-order valence-electron chi connectivity index (χ0n) is 15.1. The summed E-state index contributed by atoms with van der Waals surface area (Å²) in [5.74, 6) is -1.03. The number of aliphatic imine (C=N–C) groups is 1. The first-order valence-corrected chi connectivity index (χ1v) is 8.73. The molecule has 0 spiro atoms. The molecule has 4 rings (SSSR count). The minimum atomic E-state index is -1.03. The Balaban J connectivity index is 2.15. The van der Waals surface area contributed by atoms with Gasteiger partial charge in [-0.05, 0) is 55.5 Å². The Bertz CT molecular complexity index is 918. The zero-order chi connectivity index (χ0) is 18.9. The van der Waals surface area contributed by atoms with Crippen LogP contribution >= 0.6 is 0 Å². The van der Waals surface area contributed by atoms with Crippen molar-refractivity contribution < 1.29 is 0 Å². The van der Waals surface area contributed by atoms with E-state index in [1.165, 1.54) is 0 Å². The largest absolute Gasteiger partial charge is 0.370 e. The van der Waals surface area contributed by atoms with Crippen molar-refractivity contribution in [3.63, 3.8) is 0 Å². The summed E-state index contributed by atoms with van der Waals surface area (Å²) in [6.07, 6.45) is 16.0. The molecule has 0 aliphatic carbocycles. The SMILES string of the molecule is CC(n1cccc1)(n1cccc1)C(N=C(N)N)(n1cccc1)n1cccc1. The molecule has 0 saturated heterocycles. The molecule has 0 amide bonds. The van der Waals surface area contributed by atoms with Gasteiger partial charge in [0, 0.05) is 49.6 Å². The predicted octanol–water partition coefficient (Wildman–Crippen LogP) is 2.25. The summed E-state index contributed by atoms with van der Waals surface area (Å²) in [6.45, 7) is 2.11. The van der Waals surface area contributed by atoms with Crippen LogP contribution < -0.4 is 11.5 Å². The van der Waals surface area contributed by atoms with Gasteiger partial charge in [-0.15, -0.1) is 0 Å². The Morgan fingerprint density at radius 1 is 0.593 bits per heavy atom. The fourth-order valence-electron chi connectivity index (χ4n) is 3.84. The standard InChI is InChI=1S/C20H23N7/c1-19(24-10-2-3-11-24,25-12-4-5-13-25)20(23-18(21)22,26-14-6-7-15-26)27-16-8-9-17-27/h2-17H,1H3,(H4,21,22,23). The molecule has 0 aliphatic heterocycles. The van der Waals surface area contributed by atoms with Crippen molar-refractivity contribution in [3.05, 3.63) is 98.1 Å². The summed E-state index contributed by atoms with van der Waals surface area (Å²) < 4.78 is 8.26. The highest BCUT2D eigenvalue weighted by Crippen LogP contribution is 2.41. The van der Waals surface area contributed by atoms with Crippen LogP contribution in [0.1, 0.15) is 6.92 Å². The van der Waals surface area contributed by atoms with E-state index in [2.05, 4.69) is 16.1 Å². The van der Waals surface area contributed by atoms with Crippen LogP contribution in [-0.4, -0.2) is 24.2 Å². The number of rotatable bonds is 6. The lowest BCUT2D eigenvalue weighted by atomic mass is 10.0. The van der Waals surface area contributed by atoms with Crippen LogP contribution in [0.25, 0.3) is 0 Å². The van der Waals surface area contributed by atoms with Gasteiger partial charge in [0.2, 0.25) is 0 Å². The quantitative estimate of drug-likeness (QED) is 0.408. The third-order valence-corrected chi connectivity index (χ3v) is 5.06. The lowest BCUT2D eigenvalue weighted by Crippen LogP contribution is -2.62. The van der Waals surface area contributed by atoms with Gasteiger partial charge in [-0.25, -0.2) is 0 Å². The van der Waals surface area contributed by atoms with Crippen molar-refractivity contribution in [2.75, 3.05) is 0 Å². The Morgan fingerprint density at radius 3 is 1.19 bits per heavy atom. The van der Waals surface area contributed by atoms with Crippen molar-refractivity contribution in [3.8, 4) is 0 Å². The molecule has 27 heavy (non-hydrogen) atoms. The number of nitrogens with two attached hydrogens (primary N) is 2. The molecule has 0 fully saturated rings. The van der Waals surface area contributed by atoms with E-state index in [-0.39, 0.29) is 5.96 Å². The molecule has 4 N–H and O–H groups in total. The third-order valence-electron chi connectivity index (χ3n) is 5.06. The average Bonchev–Trinajstić information content (AvgIpc) is 3.44. The molecule has 0 radical (unpaired) electrons. The maximum absolute atomic E-state index is 5.98. The average molecular weight is 361 g/mol. The minimum absolute atomic E-state index is 0.00272. The first-order chi connectivity index (χ1) is 13.1. The number of hydrogen-bond acceptors (Lipinski definition) is 1. The Morgan fingerprint density at radius 2 is 0.889 bits per heavy atom. The van der Waals surface area contributed by atoms with Crippen molar-refractivity contribution in [1.82, 2.24) is 18.3 Å². The molecule has 138 valence electrons. The van der Waals surface area contributed by atoms with E-state index >= 15 is 0 Å². The predicted molar refractivity (Wildman–Crippen MR) is 106 cm³/mol. The van der Waals surface area contributed by atoms with Gasteiger partial charge in [0.05, 0.1) is 0 Å². The van der Waals surface area contributed by atoms with Crippen LogP contribution in [0.2, 0.25) is 0 Å². The van der Waals surface area contributed by atoms with Crippen molar-refractivity contribution >= 4 is 5.96 Å². The molecule has 0 aliphatic rings. The lowest BCUT2D eigenvalue weighted by Gasteiger charge is -2.49. The normalized spacial score (nSPS) is 12.2. The van der Waals surface area contributed by atoms with Gasteiger partial charge in [-0.2, -0.15) is 4.99 Å². The molecule has 7 nitrogen and oxygen atoms in total. The fourth-order valence-corrected chi connectivity index (χ4v) is 3.84. The smallest absolute Gasteiger partial charge is 0.263 e. The van der Waals surface area contributed by atoms with Crippen LogP contribution in [0.3, 0.4) is 0 Å². The van der Waals surface area contributed by atoms with Crippen LogP contribution in [0.4, 0.5) is 0 Å². The minimum Gasteiger partial charge on any atom is -0.370 e. The molecule has 4 aromatic rings. The maximum atomic E-state index is 5.98. The molecule has 4 heterocycles. The van der Waals surface area contributed by atoms with E-state index in [0.29, 0.717) is 0 Å². The molecule has 0 aromatic carbocycles. The van der Waals surface area contributed by atoms with Gasteiger partial charge in [0.15, 0.2) is 11.6 Å². The van der Waals surface area contributed by atoms with Gasteiger partial charge in [0.25, 0.3) is 5.79 Å². The van der Waals surface area contributed by atoms with Crippen molar-refractivity contribution in [1.29, 1.82) is 0 Å². The molecular formula is C20H23N7. The van der Waals surface area contributed by atoms with Gasteiger partial charge in [-0.3, -0.25) is 0 Å². The van der Waals surface area contributed by atoms with E-state index in [9.17, 15) is 0 Å². The summed E-state index contributed by atoms with van der Waals surface area (Å²) in [6, 6.07) is 15.8. The molecule has 0 atom stereocenters. The van der Waals surface area contributed by atoms with Crippen LogP contribution in [-0.2, 0) is 11.4 Å². The maximum Gasteiger partial charge on any atom is 0.263 e. The molecular weight excluding hydrogens is 338 g/mol. The van der Waals surface area contributed by atoms with E-state index in [4.69, 9.17) is 16.5 Å². The van der Waals surface area contributed by atoms with Gasteiger partial charge >= 0.3 is 0 Å². The molecule has 4 aromatic heterocycles. The zero-order valence-corrected chi connectivity index (χ0v) is 15.1. The van der Waals surface area contributed by atoms with E-state index in [0.717, 1.165) is 0 Å². The first-order valence-electron chi connectivity index (χ1n) is 8.73. The van der Waals surface area contributed by atoms with Crippen LogP contribution in [0.5, 0.6) is 0 Å². The van der Waals surface area contributed by atoms with Gasteiger partial charge < -0.3 is 29.7 Å². The second kappa shape index (κ2) is 6.28. The van der Waals surface area contributed by atoms with Crippen LogP contribution in [0, 0.1) is 0 Å². The number of nitrogens with zero attached hydrogens (tertiary/aromatic N) is 5. The number of guanidine groups is 1. The Labute approximate surface area is 157 Å². The lowest BCUT2D eigenvalue weighted by molar-refractivity contribution is 0.0216. The molecule has 7 heteroatoms. The Hall–Kier alpha value is -3.61. The van der Waals surface area contributed by atoms with Gasteiger partial charge in [-0.1, -0.05) is 0 Å². The number of aromatic nitrogens is 4. The summed E-state index contributed by atoms with van der Waals surface area (Å²) in [4.78, 5) is 4.83. The van der Waals surface area contributed by atoms with Crippen molar-refractivity contribution in [2.45, 2.75) is 18.4 Å². The second-order valence-electron chi connectivity index (χ2n) is 6.55. The summed E-state index contributed by atoms with van der Waals surface area (Å²) in [5, 5.41) is 0. The highest BCUT2D eigenvalue weighted by Gasteiger charge is 2.54. The van der Waals surface area contributed by atoms with E-state index < -0.39 is 11.4 Å².